The smallest absolute Gasteiger partial charge is 0.410 e. The standard InChI is InChI=1S/C23H23NO4/c25-17-16-24(23(27)28-20-14-8-3-9-15-20)21(18-10-4-1-5-11-18)22(26)19-12-6-2-7-13-19/h1-15,21-22,25-26H,16-17H2/t21-,22-/m1/s1. The molecule has 0 fully saturated rings. The number of hydrogen-bond acceptors (Lipinski definition) is 4. The number of aliphatic hydroxyl groups is 2. The number of para-hydroxylation sites is 1. The van der Waals surface area contributed by atoms with Gasteiger partial charge in [0.25, 0.3) is 0 Å². The average Bonchev–Trinajstić information content (AvgIpc) is 2.75. The summed E-state index contributed by atoms with van der Waals surface area (Å²) in [7, 11) is 0. The zero-order valence-electron chi connectivity index (χ0n) is 15.4. The lowest BCUT2D eigenvalue weighted by molar-refractivity contribution is 0.0416. The van der Waals surface area contributed by atoms with Crippen LogP contribution in [0.3, 0.4) is 0 Å². The van der Waals surface area contributed by atoms with E-state index in [1.807, 2.05) is 54.6 Å². The zero-order valence-corrected chi connectivity index (χ0v) is 15.4. The topological polar surface area (TPSA) is 70.0 Å². The molecule has 0 bridgehead atoms. The van der Waals surface area contributed by atoms with Crippen molar-refractivity contribution in [3.8, 4) is 5.75 Å². The lowest BCUT2D eigenvalue weighted by Crippen LogP contribution is -2.41. The predicted octanol–water partition coefficient (Wildman–Crippen LogP) is 3.95. The predicted molar refractivity (Wildman–Crippen MR) is 107 cm³/mol. The first-order valence-electron chi connectivity index (χ1n) is 9.13. The summed E-state index contributed by atoms with van der Waals surface area (Å²) >= 11 is 0. The first kappa shape index (κ1) is 19.6. The van der Waals surface area contributed by atoms with Crippen molar-refractivity contribution in [3.63, 3.8) is 0 Å². The molecule has 0 aliphatic carbocycles. The molecule has 0 heterocycles. The van der Waals surface area contributed by atoms with Gasteiger partial charge in [0.2, 0.25) is 0 Å². The first-order chi connectivity index (χ1) is 13.7. The van der Waals surface area contributed by atoms with Crippen molar-refractivity contribution in [3.05, 3.63) is 102 Å². The molecule has 3 aromatic rings. The van der Waals surface area contributed by atoms with Gasteiger partial charge in [-0.3, -0.25) is 4.90 Å². The van der Waals surface area contributed by atoms with Gasteiger partial charge < -0.3 is 14.9 Å². The molecule has 0 spiro atoms. The molecule has 0 saturated carbocycles. The van der Waals surface area contributed by atoms with Crippen molar-refractivity contribution >= 4 is 6.09 Å². The molecule has 5 heteroatoms. The second-order valence-electron chi connectivity index (χ2n) is 6.31. The summed E-state index contributed by atoms with van der Waals surface area (Å²) in [6, 6.07) is 26.4. The van der Waals surface area contributed by atoms with Crippen LogP contribution >= 0.6 is 0 Å². The second kappa shape index (κ2) is 9.69. The quantitative estimate of drug-likeness (QED) is 0.654. The molecule has 5 nitrogen and oxygen atoms in total. The van der Waals surface area contributed by atoms with Crippen LogP contribution in [0.1, 0.15) is 23.3 Å². The van der Waals surface area contributed by atoms with Gasteiger partial charge in [0, 0.05) is 6.54 Å². The Morgan fingerprint density at radius 3 is 1.86 bits per heavy atom. The molecular weight excluding hydrogens is 354 g/mol. The highest BCUT2D eigenvalue weighted by molar-refractivity contribution is 5.71. The van der Waals surface area contributed by atoms with Crippen molar-refractivity contribution in [2.24, 2.45) is 0 Å². The van der Waals surface area contributed by atoms with Crippen molar-refractivity contribution in [1.29, 1.82) is 0 Å². The van der Waals surface area contributed by atoms with E-state index in [0.717, 1.165) is 5.56 Å². The number of ether oxygens (including phenoxy) is 1. The fraction of sp³-hybridized carbons (Fsp3) is 0.174. The highest BCUT2D eigenvalue weighted by atomic mass is 16.6. The van der Waals surface area contributed by atoms with Crippen LogP contribution in [0.15, 0.2) is 91.0 Å². The maximum atomic E-state index is 12.9. The minimum atomic E-state index is -0.988. The minimum Gasteiger partial charge on any atom is -0.410 e. The van der Waals surface area contributed by atoms with Crippen LogP contribution in [-0.4, -0.2) is 34.4 Å². The lowest BCUT2D eigenvalue weighted by atomic mass is 9.94. The maximum Gasteiger partial charge on any atom is 0.415 e. The largest absolute Gasteiger partial charge is 0.415 e. The maximum absolute atomic E-state index is 12.9. The Hall–Kier alpha value is -3.15. The Morgan fingerprint density at radius 1 is 0.821 bits per heavy atom. The zero-order chi connectivity index (χ0) is 19.8. The highest BCUT2D eigenvalue weighted by Crippen LogP contribution is 2.34. The fourth-order valence-corrected chi connectivity index (χ4v) is 3.12. The van der Waals surface area contributed by atoms with Gasteiger partial charge in [-0.1, -0.05) is 78.9 Å². The summed E-state index contributed by atoms with van der Waals surface area (Å²) in [5, 5.41) is 20.7. The van der Waals surface area contributed by atoms with Crippen LogP contribution in [0.4, 0.5) is 4.79 Å². The monoisotopic (exact) mass is 377 g/mol. The molecule has 0 aliphatic heterocycles. The fourth-order valence-electron chi connectivity index (χ4n) is 3.12. The van der Waals surface area contributed by atoms with Gasteiger partial charge in [-0.2, -0.15) is 0 Å². The number of carbonyl (C=O) groups is 1. The van der Waals surface area contributed by atoms with Gasteiger partial charge in [-0.25, -0.2) is 4.79 Å². The van der Waals surface area contributed by atoms with Gasteiger partial charge in [0.1, 0.15) is 11.9 Å². The number of carbonyl (C=O) groups excluding carboxylic acids is 1. The van der Waals surface area contributed by atoms with E-state index in [4.69, 9.17) is 4.74 Å². The van der Waals surface area contributed by atoms with E-state index in [1.54, 1.807) is 36.4 Å². The third kappa shape index (κ3) is 4.76. The van der Waals surface area contributed by atoms with Gasteiger partial charge >= 0.3 is 6.09 Å². The van der Waals surface area contributed by atoms with Crippen molar-refractivity contribution in [2.75, 3.05) is 13.2 Å². The van der Waals surface area contributed by atoms with Gasteiger partial charge in [-0.05, 0) is 23.3 Å². The molecule has 3 rings (SSSR count). The first-order valence-corrected chi connectivity index (χ1v) is 9.13. The van der Waals surface area contributed by atoms with Crippen LogP contribution < -0.4 is 4.74 Å². The molecule has 0 saturated heterocycles. The molecule has 0 unspecified atom stereocenters. The number of nitrogens with zero attached hydrogens (tertiary/aromatic N) is 1. The molecule has 144 valence electrons. The SMILES string of the molecule is O=C(Oc1ccccc1)N(CCO)[C@H](c1ccccc1)[C@H](O)c1ccccc1. The Morgan fingerprint density at radius 2 is 1.32 bits per heavy atom. The third-order valence-electron chi connectivity index (χ3n) is 4.44. The van der Waals surface area contributed by atoms with E-state index in [-0.39, 0.29) is 13.2 Å². The van der Waals surface area contributed by atoms with E-state index in [0.29, 0.717) is 11.3 Å². The third-order valence-corrected chi connectivity index (χ3v) is 4.44. The van der Waals surface area contributed by atoms with Crippen LogP contribution in [-0.2, 0) is 0 Å². The van der Waals surface area contributed by atoms with Crippen LogP contribution in [0.25, 0.3) is 0 Å². The normalized spacial score (nSPS) is 12.8. The van der Waals surface area contributed by atoms with Crippen LogP contribution in [0.2, 0.25) is 0 Å². The second-order valence-corrected chi connectivity index (χ2v) is 6.31. The van der Waals surface area contributed by atoms with Gasteiger partial charge in [-0.15, -0.1) is 0 Å². The Balaban J connectivity index is 1.96. The molecule has 0 aromatic heterocycles. The summed E-state index contributed by atoms with van der Waals surface area (Å²) in [6.45, 7) is -0.232. The minimum absolute atomic E-state index is 0.0229. The van der Waals surface area contributed by atoms with Gasteiger partial charge in [0.05, 0.1) is 12.6 Å². The van der Waals surface area contributed by atoms with E-state index >= 15 is 0 Å². The summed E-state index contributed by atoms with van der Waals surface area (Å²) in [5.74, 6) is 0.399. The van der Waals surface area contributed by atoms with E-state index in [1.165, 1.54) is 4.90 Å². The lowest BCUT2D eigenvalue weighted by Gasteiger charge is -2.34. The van der Waals surface area contributed by atoms with Crippen molar-refractivity contribution < 1.29 is 19.7 Å². The summed E-state index contributed by atoms with van der Waals surface area (Å²) < 4.78 is 5.48. The molecule has 2 N–H and O–H groups in total. The molecule has 0 radical (unpaired) electrons. The van der Waals surface area contributed by atoms with E-state index < -0.39 is 18.2 Å². The molecular formula is C23H23NO4. The molecule has 28 heavy (non-hydrogen) atoms. The molecule has 2 atom stereocenters. The number of rotatable bonds is 7. The molecule has 0 aliphatic rings. The van der Waals surface area contributed by atoms with Crippen molar-refractivity contribution in [1.82, 2.24) is 4.90 Å². The molecule has 1 amide bonds. The highest BCUT2D eigenvalue weighted by Gasteiger charge is 2.33. The van der Waals surface area contributed by atoms with E-state index in [9.17, 15) is 15.0 Å². The number of benzene rings is 3. The van der Waals surface area contributed by atoms with Crippen LogP contribution in [0, 0.1) is 0 Å². The van der Waals surface area contributed by atoms with Gasteiger partial charge in [0.15, 0.2) is 0 Å². The average molecular weight is 377 g/mol. The summed E-state index contributed by atoms with van der Waals surface area (Å²) in [4.78, 5) is 14.3. The Labute approximate surface area is 164 Å². The number of hydrogen-bond donors (Lipinski definition) is 2. The number of amides is 1. The summed E-state index contributed by atoms with van der Waals surface area (Å²) in [5.41, 5.74) is 1.42. The molecule has 3 aromatic carbocycles. The van der Waals surface area contributed by atoms with Crippen molar-refractivity contribution in [2.45, 2.75) is 12.1 Å². The van der Waals surface area contributed by atoms with Crippen LogP contribution in [0.5, 0.6) is 5.75 Å². The van der Waals surface area contributed by atoms with E-state index in [2.05, 4.69) is 0 Å². The number of aliphatic hydroxyl groups excluding tert-OH is 2. The Kier molecular flexibility index (Phi) is 6.78. The Bertz CT molecular complexity index is 856. The summed E-state index contributed by atoms with van der Waals surface area (Å²) in [6.07, 6.45) is -1.62.